The Kier molecular flexibility index (Phi) is 3.05. The Morgan fingerprint density at radius 1 is 1.32 bits per heavy atom. The zero-order valence-corrected chi connectivity index (χ0v) is 10.8. The summed E-state index contributed by atoms with van der Waals surface area (Å²) < 4.78 is 5.28. The summed E-state index contributed by atoms with van der Waals surface area (Å²) in [5, 5.41) is 2.32. The SMILES string of the molecule is O=C1NC(=O)C2(CCC2)C(=O)N1CCC1CCOC1. The average Bonchev–Trinajstić information content (AvgIpc) is 2.79. The third-order valence-electron chi connectivity index (χ3n) is 4.55. The molecule has 0 aromatic rings. The van der Waals surface area contributed by atoms with Crippen LogP contribution in [0.4, 0.5) is 4.79 Å². The fourth-order valence-corrected chi connectivity index (χ4v) is 3.03. The molecular formula is C13H18N2O4. The normalized spacial score (nSPS) is 29.6. The molecule has 1 aliphatic carbocycles. The average molecular weight is 266 g/mol. The van der Waals surface area contributed by atoms with E-state index in [-0.39, 0.29) is 5.91 Å². The van der Waals surface area contributed by atoms with Crippen molar-refractivity contribution in [3.8, 4) is 0 Å². The first-order valence-electron chi connectivity index (χ1n) is 6.89. The fourth-order valence-electron chi connectivity index (χ4n) is 3.03. The van der Waals surface area contributed by atoms with E-state index in [9.17, 15) is 14.4 Å². The predicted molar refractivity (Wildman–Crippen MR) is 65.1 cm³/mol. The Morgan fingerprint density at radius 2 is 2.11 bits per heavy atom. The van der Waals surface area contributed by atoms with Crippen LogP contribution in [-0.2, 0) is 14.3 Å². The van der Waals surface area contributed by atoms with Gasteiger partial charge in [0.1, 0.15) is 5.41 Å². The van der Waals surface area contributed by atoms with Crippen molar-refractivity contribution in [2.24, 2.45) is 11.3 Å². The number of amides is 4. The first kappa shape index (κ1) is 12.6. The van der Waals surface area contributed by atoms with Gasteiger partial charge in [-0.05, 0) is 31.6 Å². The lowest BCUT2D eigenvalue weighted by atomic mass is 9.66. The van der Waals surface area contributed by atoms with E-state index >= 15 is 0 Å². The van der Waals surface area contributed by atoms with Crippen molar-refractivity contribution in [2.45, 2.75) is 32.1 Å². The van der Waals surface area contributed by atoms with Crippen LogP contribution in [0.1, 0.15) is 32.1 Å². The second-order valence-corrected chi connectivity index (χ2v) is 5.67. The molecular weight excluding hydrogens is 248 g/mol. The van der Waals surface area contributed by atoms with Gasteiger partial charge in [0.2, 0.25) is 11.8 Å². The Bertz CT molecular complexity index is 424. The lowest BCUT2D eigenvalue weighted by Gasteiger charge is -2.44. The van der Waals surface area contributed by atoms with Crippen molar-refractivity contribution >= 4 is 17.8 Å². The molecule has 2 heterocycles. The maximum atomic E-state index is 12.4. The highest BCUT2D eigenvalue weighted by molar-refractivity contribution is 6.19. The molecule has 0 aromatic heterocycles. The van der Waals surface area contributed by atoms with Crippen LogP contribution in [0.15, 0.2) is 0 Å². The number of hydrogen-bond acceptors (Lipinski definition) is 4. The molecule has 6 nitrogen and oxygen atoms in total. The fraction of sp³-hybridized carbons (Fsp3) is 0.769. The Morgan fingerprint density at radius 3 is 2.68 bits per heavy atom. The van der Waals surface area contributed by atoms with Crippen molar-refractivity contribution in [3.05, 3.63) is 0 Å². The van der Waals surface area contributed by atoms with Crippen LogP contribution in [0.25, 0.3) is 0 Å². The monoisotopic (exact) mass is 266 g/mol. The lowest BCUT2D eigenvalue weighted by molar-refractivity contribution is -0.157. The standard InChI is InChI=1S/C13H18N2O4/c16-10-13(4-1-5-13)11(17)15(12(18)14-10)6-2-9-3-7-19-8-9/h9H,1-8H2,(H,14,16,18). The summed E-state index contributed by atoms with van der Waals surface area (Å²) in [6.07, 6.45) is 3.73. The number of nitrogens with zero attached hydrogens (tertiary/aromatic N) is 1. The van der Waals surface area contributed by atoms with Crippen LogP contribution >= 0.6 is 0 Å². The number of rotatable bonds is 3. The van der Waals surface area contributed by atoms with Crippen LogP contribution in [0.3, 0.4) is 0 Å². The first-order chi connectivity index (χ1) is 9.13. The summed E-state index contributed by atoms with van der Waals surface area (Å²) in [5.74, 6) is -0.295. The van der Waals surface area contributed by atoms with E-state index in [4.69, 9.17) is 4.74 Å². The molecule has 6 heteroatoms. The molecule has 3 aliphatic rings. The molecule has 0 radical (unpaired) electrons. The Labute approximate surface area is 111 Å². The molecule has 19 heavy (non-hydrogen) atoms. The summed E-state index contributed by atoms with van der Waals surface area (Å²) in [6, 6.07) is -0.563. The van der Waals surface area contributed by atoms with Gasteiger partial charge in [0.05, 0.1) is 0 Å². The number of nitrogens with one attached hydrogen (secondary N) is 1. The van der Waals surface area contributed by atoms with Gasteiger partial charge >= 0.3 is 6.03 Å². The van der Waals surface area contributed by atoms with E-state index in [0.717, 1.165) is 25.9 Å². The number of carbonyl (C=O) groups is 3. The van der Waals surface area contributed by atoms with E-state index in [1.807, 2.05) is 0 Å². The minimum atomic E-state index is -0.944. The molecule has 1 spiro atoms. The van der Waals surface area contributed by atoms with E-state index < -0.39 is 17.4 Å². The number of barbiturate groups is 1. The summed E-state index contributed by atoms with van der Waals surface area (Å²) >= 11 is 0. The maximum Gasteiger partial charge on any atom is 0.330 e. The molecule has 0 bridgehead atoms. The zero-order chi connectivity index (χ0) is 13.5. The molecule has 2 saturated heterocycles. The van der Waals surface area contributed by atoms with Gasteiger partial charge in [0, 0.05) is 19.8 Å². The quantitative estimate of drug-likeness (QED) is 0.761. The molecule has 1 saturated carbocycles. The number of hydrogen-bond donors (Lipinski definition) is 1. The van der Waals surface area contributed by atoms with Crippen LogP contribution in [0.2, 0.25) is 0 Å². The third kappa shape index (κ3) is 1.94. The topological polar surface area (TPSA) is 75.7 Å². The Hall–Kier alpha value is -1.43. The van der Waals surface area contributed by atoms with Gasteiger partial charge in [-0.25, -0.2) is 4.79 Å². The molecule has 1 unspecified atom stereocenters. The van der Waals surface area contributed by atoms with Crippen molar-refractivity contribution in [2.75, 3.05) is 19.8 Å². The summed E-state index contributed by atoms with van der Waals surface area (Å²) in [6.45, 7) is 1.84. The number of imide groups is 2. The van der Waals surface area contributed by atoms with Crippen molar-refractivity contribution in [1.82, 2.24) is 10.2 Å². The molecule has 104 valence electrons. The van der Waals surface area contributed by atoms with Crippen LogP contribution < -0.4 is 5.32 Å². The minimum Gasteiger partial charge on any atom is -0.381 e. The van der Waals surface area contributed by atoms with Gasteiger partial charge in [-0.2, -0.15) is 0 Å². The second kappa shape index (κ2) is 4.59. The van der Waals surface area contributed by atoms with E-state index in [0.29, 0.717) is 31.9 Å². The molecule has 4 amide bonds. The van der Waals surface area contributed by atoms with Gasteiger partial charge in [0.25, 0.3) is 0 Å². The van der Waals surface area contributed by atoms with Gasteiger partial charge < -0.3 is 4.74 Å². The highest BCUT2D eigenvalue weighted by atomic mass is 16.5. The van der Waals surface area contributed by atoms with Crippen LogP contribution in [-0.4, -0.2) is 42.5 Å². The lowest BCUT2D eigenvalue weighted by Crippen LogP contribution is -2.66. The molecule has 2 aliphatic heterocycles. The van der Waals surface area contributed by atoms with Gasteiger partial charge in [-0.15, -0.1) is 0 Å². The smallest absolute Gasteiger partial charge is 0.330 e. The number of urea groups is 1. The van der Waals surface area contributed by atoms with Crippen molar-refractivity contribution in [3.63, 3.8) is 0 Å². The first-order valence-corrected chi connectivity index (χ1v) is 6.89. The number of carbonyl (C=O) groups excluding carboxylic acids is 3. The maximum absolute atomic E-state index is 12.4. The van der Waals surface area contributed by atoms with Crippen LogP contribution in [0.5, 0.6) is 0 Å². The molecule has 1 N–H and O–H groups in total. The third-order valence-corrected chi connectivity index (χ3v) is 4.55. The Balaban J connectivity index is 1.67. The van der Waals surface area contributed by atoms with Crippen LogP contribution in [0, 0.1) is 11.3 Å². The highest BCUT2D eigenvalue weighted by Crippen LogP contribution is 2.44. The van der Waals surface area contributed by atoms with Crippen molar-refractivity contribution in [1.29, 1.82) is 0 Å². The van der Waals surface area contributed by atoms with E-state index in [1.165, 1.54) is 4.90 Å². The zero-order valence-electron chi connectivity index (χ0n) is 10.8. The van der Waals surface area contributed by atoms with Gasteiger partial charge in [-0.1, -0.05) is 6.42 Å². The molecule has 1 atom stereocenters. The largest absolute Gasteiger partial charge is 0.381 e. The van der Waals surface area contributed by atoms with E-state index in [2.05, 4.69) is 5.32 Å². The molecule has 0 aromatic carbocycles. The summed E-state index contributed by atoms with van der Waals surface area (Å²) in [5.41, 5.74) is -0.944. The molecule has 3 fully saturated rings. The van der Waals surface area contributed by atoms with E-state index in [1.54, 1.807) is 0 Å². The van der Waals surface area contributed by atoms with Crippen molar-refractivity contribution < 1.29 is 19.1 Å². The predicted octanol–water partition coefficient (Wildman–Crippen LogP) is 0.662. The van der Waals surface area contributed by atoms with Gasteiger partial charge in [0.15, 0.2) is 0 Å². The summed E-state index contributed by atoms with van der Waals surface area (Å²) in [4.78, 5) is 37.2. The highest BCUT2D eigenvalue weighted by Gasteiger charge is 2.57. The van der Waals surface area contributed by atoms with Gasteiger partial charge in [-0.3, -0.25) is 19.8 Å². The molecule has 3 rings (SSSR count). The minimum absolute atomic E-state index is 0.300. The second-order valence-electron chi connectivity index (χ2n) is 5.67. The number of ether oxygens (including phenoxy) is 1. The summed E-state index contributed by atoms with van der Waals surface area (Å²) in [7, 11) is 0.